The van der Waals surface area contributed by atoms with Crippen molar-refractivity contribution in [2.75, 3.05) is 5.73 Å². The molecule has 0 aliphatic heterocycles. The van der Waals surface area contributed by atoms with E-state index in [1.165, 1.54) is 11.8 Å². The minimum absolute atomic E-state index is 0.330. The fraction of sp³-hybridized carbons (Fsp3) is 0. The number of carbonyl (C=O) groups is 1. The first-order chi connectivity index (χ1) is 7.68. The number of nitrogens with zero attached hydrogens (tertiary/aromatic N) is 1. The highest BCUT2D eigenvalue weighted by Gasteiger charge is 2.10. The number of primary amides is 1. The molecule has 16 heavy (non-hydrogen) atoms. The monoisotopic (exact) mass is 234 g/mol. The molecule has 6 heteroatoms. The van der Waals surface area contributed by atoms with Crippen molar-refractivity contribution in [3.05, 3.63) is 36.2 Å². The van der Waals surface area contributed by atoms with Crippen molar-refractivity contribution in [2.24, 2.45) is 5.73 Å². The number of rotatable bonds is 3. The van der Waals surface area contributed by atoms with Crippen molar-refractivity contribution in [3.8, 4) is 0 Å². The standard InChI is InChI=1S/C10H10N4OS/c11-8-6(9(12)15)2-1-3-7(8)16-10-13-4-5-14-10/h1-5H,11H2,(H2,12,15)(H,13,14). The molecule has 0 radical (unpaired) electrons. The molecule has 2 aromatic rings. The van der Waals surface area contributed by atoms with Gasteiger partial charge in [-0.1, -0.05) is 6.07 Å². The van der Waals surface area contributed by atoms with Crippen LogP contribution in [0.5, 0.6) is 0 Å². The molecule has 82 valence electrons. The van der Waals surface area contributed by atoms with E-state index in [4.69, 9.17) is 11.5 Å². The van der Waals surface area contributed by atoms with E-state index in [-0.39, 0.29) is 0 Å². The number of amides is 1. The molecule has 0 spiro atoms. The van der Waals surface area contributed by atoms with Crippen molar-refractivity contribution >= 4 is 23.4 Å². The van der Waals surface area contributed by atoms with Crippen molar-refractivity contribution in [2.45, 2.75) is 10.1 Å². The maximum Gasteiger partial charge on any atom is 0.250 e. The quantitative estimate of drug-likeness (QED) is 0.696. The number of nitrogens with two attached hydrogens (primary N) is 2. The molecule has 1 amide bonds. The predicted octanol–water partition coefficient (Wildman–Crippen LogP) is 1.24. The summed E-state index contributed by atoms with van der Waals surface area (Å²) in [5, 5.41) is 0.716. The number of hydrogen-bond donors (Lipinski definition) is 3. The largest absolute Gasteiger partial charge is 0.397 e. The average Bonchev–Trinajstić information content (AvgIpc) is 2.73. The third kappa shape index (κ3) is 2.01. The number of H-pyrrole nitrogens is 1. The second-order valence-corrected chi connectivity index (χ2v) is 4.11. The lowest BCUT2D eigenvalue weighted by atomic mass is 10.2. The minimum Gasteiger partial charge on any atom is -0.397 e. The van der Waals surface area contributed by atoms with Gasteiger partial charge in [0.25, 0.3) is 5.91 Å². The van der Waals surface area contributed by atoms with Gasteiger partial charge in [0.1, 0.15) is 0 Å². The van der Waals surface area contributed by atoms with E-state index in [0.29, 0.717) is 16.4 Å². The molecule has 0 aliphatic rings. The maximum absolute atomic E-state index is 11.1. The Morgan fingerprint density at radius 3 is 2.88 bits per heavy atom. The van der Waals surface area contributed by atoms with Crippen molar-refractivity contribution in [1.29, 1.82) is 0 Å². The van der Waals surface area contributed by atoms with E-state index in [0.717, 1.165) is 4.90 Å². The topological polar surface area (TPSA) is 97.8 Å². The zero-order chi connectivity index (χ0) is 11.5. The second kappa shape index (κ2) is 4.28. The smallest absolute Gasteiger partial charge is 0.250 e. The van der Waals surface area contributed by atoms with Gasteiger partial charge in [0.15, 0.2) is 5.16 Å². The van der Waals surface area contributed by atoms with Crippen molar-refractivity contribution < 1.29 is 4.79 Å². The normalized spacial score (nSPS) is 10.2. The van der Waals surface area contributed by atoms with Gasteiger partial charge in [-0.2, -0.15) is 0 Å². The Morgan fingerprint density at radius 2 is 2.25 bits per heavy atom. The van der Waals surface area contributed by atoms with Crippen LogP contribution in [-0.4, -0.2) is 15.9 Å². The second-order valence-electron chi connectivity index (χ2n) is 3.08. The Labute approximate surface area is 96.2 Å². The van der Waals surface area contributed by atoms with Crippen LogP contribution in [0.4, 0.5) is 5.69 Å². The number of aromatic nitrogens is 2. The van der Waals surface area contributed by atoms with Crippen molar-refractivity contribution in [1.82, 2.24) is 9.97 Å². The predicted molar refractivity (Wildman–Crippen MR) is 62.1 cm³/mol. The minimum atomic E-state index is -0.528. The van der Waals surface area contributed by atoms with E-state index >= 15 is 0 Å². The van der Waals surface area contributed by atoms with Crippen LogP contribution in [0.3, 0.4) is 0 Å². The van der Waals surface area contributed by atoms with E-state index in [1.54, 1.807) is 24.5 Å². The first-order valence-electron chi connectivity index (χ1n) is 4.54. The Bertz CT molecular complexity index is 510. The number of nitrogens with one attached hydrogen (secondary N) is 1. The molecule has 0 atom stereocenters. The van der Waals surface area contributed by atoms with Crippen LogP contribution in [0.1, 0.15) is 10.4 Å². The fourth-order valence-corrected chi connectivity index (χ4v) is 2.07. The van der Waals surface area contributed by atoms with Crippen LogP contribution >= 0.6 is 11.8 Å². The molecule has 0 saturated carbocycles. The Kier molecular flexibility index (Phi) is 2.82. The molecule has 0 saturated heterocycles. The third-order valence-electron chi connectivity index (χ3n) is 2.01. The van der Waals surface area contributed by atoms with Crippen LogP contribution in [0.15, 0.2) is 40.6 Å². The first kappa shape index (κ1) is 10.6. The Balaban J connectivity index is 2.35. The molecule has 0 bridgehead atoms. The van der Waals surface area contributed by atoms with Crippen molar-refractivity contribution in [3.63, 3.8) is 0 Å². The summed E-state index contributed by atoms with van der Waals surface area (Å²) >= 11 is 1.35. The SMILES string of the molecule is NC(=O)c1cccc(Sc2ncc[nH]2)c1N. The highest BCUT2D eigenvalue weighted by molar-refractivity contribution is 7.99. The van der Waals surface area contributed by atoms with Crippen LogP contribution in [0.2, 0.25) is 0 Å². The summed E-state index contributed by atoms with van der Waals surface area (Å²) in [5.41, 5.74) is 11.8. The fourth-order valence-electron chi connectivity index (χ4n) is 1.26. The number of anilines is 1. The first-order valence-corrected chi connectivity index (χ1v) is 5.35. The highest BCUT2D eigenvalue weighted by Crippen LogP contribution is 2.31. The number of nitrogen functional groups attached to an aromatic ring is 1. The molecule has 5 nitrogen and oxygen atoms in total. The molecule has 0 fully saturated rings. The number of para-hydroxylation sites is 1. The van der Waals surface area contributed by atoms with E-state index in [2.05, 4.69) is 9.97 Å². The van der Waals surface area contributed by atoms with E-state index in [9.17, 15) is 4.79 Å². The lowest BCUT2D eigenvalue weighted by Crippen LogP contribution is -2.13. The van der Waals surface area contributed by atoms with Gasteiger partial charge in [-0.25, -0.2) is 4.98 Å². The van der Waals surface area contributed by atoms with Gasteiger partial charge in [-0.05, 0) is 23.9 Å². The zero-order valence-corrected chi connectivity index (χ0v) is 9.12. The summed E-state index contributed by atoms with van der Waals surface area (Å²) in [4.78, 5) is 18.8. The summed E-state index contributed by atoms with van der Waals surface area (Å²) in [6.45, 7) is 0. The van der Waals surface area contributed by atoms with Gasteiger partial charge in [0, 0.05) is 17.3 Å². The molecule has 5 N–H and O–H groups in total. The summed E-state index contributed by atoms with van der Waals surface area (Å²) in [6, 6.07) is 5.15. The summed E-state index contributed by atoms with van der Waals surface area (Å²) in [6.07, 6.45) is 3.37. The number of carbonyl (C=O) groups excluding carboxylic acids is 1. The maximum atomic E-state index is 11.1. The van der Waals surface area contributed by atoms with Gasteiger partial charge in [-0.3, -0.25) is 4.79 Å². The molecular formula is C10H10N4OS. The molecule has 1 aromatic carbocycles. The average molecular weight is 234 g/mol. The number of aromatic amines is 1. The van der Waals surface area contributed by atoms with Gasteiger partial charge < -0.3 is 16.5 Å². The summed E-state index contributed by atoms with van der Waals surface area (Å²) < 4.78 is 0. The van der Waals surface area contributed by atoms with E-state index in [1.807, 2.05) is 6.07 Å². The van der Waals surface area contributed by atoms with Gasteiger partial charge in [0.05, 0.1) is 11.3 Å². The summed E-state index contributed by atoms with van der Waals surface area (Å²) in [7, 11) is 0. The lowest BCUT2D eigenvalue weighted by Gasteiger charge is -2.06. The highest BCUT2D eigenvalue weighted by atomic mass is 32.2. The molecule has 0 unspecified atom stereocenters. The third-order valence-corrected chi connectivity index (χ3v) is 3.00. The zero-order valence-electron chi connectivity index (χ0n) is 8.31. The molecule has 1 heterocycles. The molecule has 0 aliphatic carbocycles. The van der Waals surface area contributed by atoms with Crippen LogP contribution < -0.4 is 11.5 Å². The van der Waals surface area contributed by atoms with Gasteiger partial charge >= 0.3 is 0 Å². The lowest BCUT2D eigenvalue weighted by molar-refractivity contribution is 0.100. The Morgan fingerprint density at radius 1 is 1.44 bits per heavy atom. The van der Waals surface area contributed by atoms with Crippen LogP contribution in [0.25, 0.3) is 0 Å². The van der Waals surface area contributed by atoms with Gasteiger partial charge in [-0.15, -0.1) is 0 Å². The Hall–Kier alpha value is -1.95. The number of benzene rings is 1. The van der Waals surface area contributed by atoms with Crippen LogP contribution in [-0.2, 0) is 0 Å². The molecule has 1 aromatic heterocycles. The number of hydrogen-bond acceptors (Lipinski definition) is 4. The van der Waals surface area contributed by atoms with Crippen LogP contribution in [0, 0.1) is 0 Å². The van der Waals surface area contributed by atoms with E-state index < -0.39 is 5.91 Å². The molecule has 2 rings (SSSR count). The summed E-state index contributed by atoms with van der Waals surface area (Å²) in [5.74, 6) is -0.528. The van der Waals surface area contributed by atoms with Gasteiger partial charge in [0.2, 0.25) is 0 Å². The molecular weight excluding hydrogens is 224 g/mol. The number of imidazole rings is 1.